The van der Waals surface area contributed by atoms with Crippen molar-refractivity contribution in [2.24, 2.45) is 5.73 Å². The minimum absolute atomic E-state index is 0.432. The van der Waals surface area contributed by atoms with Crippen molar-refractivity contribution in [1.29, 1.82) is 0 Å². The zero-order valence-corrected chi connectivity index (χ0v) is 10.9. The third-order valence-electron chi connectivity index (χ3n) is 3.45. The van der Waals surface area contributed by atoms with E-state index in [9.17, 15) is 0 Å². The number of likely N-dealkylation sites (tertiary alicyclic amines) is 1. The summed E-state index contributed by atoms with van der Waals surface area (Å²) in [6.45, 7) is 4.61. The molecule has 0 aliphatic carbocycles. The average molecular weight is 238 g/mol. The van der Waals surface area contributed by atoms with Crippen LogP contribution in [0.1, 0.15) is 43.5 Å². The first-order chi connectivity index (χ1) is 7.81. The first kappa shape index (κ1) is 12.1. The average Bonchev–Trinajstić information content (AvgIpc) is 2.81. The summed E-state index contributed by atoms with van der Waals surface area (Å²) in [4.78, 5) is 4.15. The second-order valence-electron chi connectivity index (χ2n) is 4.69. The molecule has 0 bridgehead atoms. The van der Waals surface area contributed by atoms with Gasteiger partial charge in [-0.3, -0.25) is 4.90 Å². The molecule has 2 N–H and O–H groups in total. The molecule has 1 aliphatic heterocycles. The molecular weight excluding hydrogens is 216 g/mol. The van der Waals surface area contributed by atoms with E-state index in [4.69, 9.17) is 5.73 Å². The van der Waals surface area contributed by atoms with Gasteiger partial charge in [-0.05, 0) is 30.7 Å². The second kappa shape index (κ2) is 5.80. The van der Waals surface area contributed by atoms with Crippen molar-refractivity contribution in [2.75, 3.05) is 13.1 Å². The number of rotatable bonds is 4. The van der Waals surface area contributed by atoms with Gasteiger partial charge in [0.05, 0.1) is 0 Å². The molecule has 0 spiro atoms. The van der Waals surface area contributed by atoms with Crippen LogP contribution < -0.4 is 5.73 Å². The van der Waals surface area contributed by atoms with Crippen LogP contribution in [-0.2, 0) is 0 Å². The van der Waals surface area contributed by atoms with Gasteiger partial charge in [0, 0.05) is 30.1 Å². The molecule has 3 heteroatoms. The molecule has 2 rings (SSSR count). The number of hydrogen-bond acceptors (Lipinski definition) is 3. The molecule has 16 heavy (non-hydrogen) atoms. The Morgan fingerprint density at radius 3 is 2.81 bits per heavy atom. The summed E-state index contributed by atoms with van der Waals surface area (Å²) in [5, 5.41) is 2.19. The van der Waals surface area contributed by atoms with Gasteiger partial charge in [0.2, 0.25) is 0 Å². The third-order valence-corrected chi connectivity index (χ3v) is 4.42. The Kier molecular flexibility index (Phi) is 4.38. The topological polar surface area (TPSA) is 29.3 Å². The molecule has 0 radical (unpaired) electrons. The van der Waals surface area contributed by atoms with E-state index in [1.54, 1.807) is 0 Å². The minimum Gasteiger partial charge on any atom is -0.328 e. The van der Waals surface area contributed by atoms with E-state index in [0.717, 1.165) is 12.8 Å². The molecular formula is C13H22N2S. The van der Waals surface area contributed by atoms with Gasteiger partial charge in [0.25, 0.3) is 0 Å². The van der Waals surface area contributed by atoms with Crippen LogP contribution in [-0.4, -0.2) is 24.0 Å². The molecule has 1 aromatic heterocycles. The monoisotopic (exact) mass is 238 g/mol. The Morgan fingerprint density at radius 2 is 2.25 bits per heavy atom. The highest BCUT2D eigenvalue weighted by Crippen LogP contribution is 2.31. The van der Waals surface area contributed by atoms with Crippen LogP contribution in [0.4, 0.5) is 0 Å². The zero-order chi connectivity index (χ0) is 11.4. The van der Waals surface area contributed by atoms with Crippen LogP contribution in [0.15, 0.2) is 17.5 Å². The normalized spacial score (nSPS) is 21.1. The van der Waals surface area contributed by atoms with E-state index in [-0.39, 0.29) is 0 Å². The molecule has 0 amide bonds. The molecule has 1 aliphatic rings. The van der Waals surface area contributed by atoms with Crippen molar-refractivity contribution in [3.63, 3.8) is 0 Å². The minimum atomic E-state index is 0.432. The fraction of sp³-hybridized carbons (Fsp3) is 0.692. The Labute approximate surface area is 102 Å². The van der Waals surface area contributed by atoms with Gasteiger partial charge in [-0.15, -0.1) is 11.3 Å². The van der Waals surface area contributed by atoms with Crippen molar-refractivity contribution >= 4 is 11.3 Å². The fourth-order valence-electron chi connectivity index (χ4n) is 2.49. The predicted molar refractivity (Wildman–Crippen MR) is 70.8 cm³/mol. The summed E-state index contributed by atoms with van der Waals surface area (Å²) in [7, 11) is 0. The van der Waals surface area contributed by atoms with Crippen LogP contribution in [0.5, 0.6) is 0 Å². The highest BCUT2D eigenvalue weighted by Gasteiger charge is 2.24. The van der Waals surface area contributed by atoms with Gasteiger partial charge in [0.15, 0.2) is 0 Å². The van der Waals surface area contributed by atoms with E-state index < -0.39 is 0 Å². The van der Waals surface area contributed by atoms with Gasteiger partial charge in [-0.1, -0.05) is 19.4 Å². The summed E-state index contributed by atoms with van der Waals surface area (Å²) < 4.78 is 0. The van der Waals surface area contributed by atoms with Crippen molar-refractivity contribution in [3.8, 4) is 0 Å². The molecule has 1 aromatic rings. The van der Waals surface area contributed by atoms with Crippen molar-refractivity contribution in [3.05, 3.63) is 22.4 Å². The molecule has 1 saturated heterocycles. The maximum absolute atomic E-state index is 5.97. The number of piperidine rings is 1. The van der Waals surface area contributed by atoms with Gasteiger partial charge >= 0.3 is 0 Å². The standard InChI is InChI=1S/C13H22N2S/c1-2-4-12(13-5-3-10-16-13)15-8-6-11(14)7-9-15/h3,5,10-12H,2,4,6-9,14H2,1H3. The lowest BCUT2D eigenvalue weighted by molar-refractivity contribution is 0.147. The first-order valence-electron chi connectivity index (χ1n) is 6.34. The highest BCUT2D eigenvalue weighted by atomic mass is 32.1. The summed E-state index contributed by atoms with van der Waals surface area (Å²) in [6, 6.07) is 5.51. The summed E-state index contributed by atoms with van der Waals surface area (Å²) >= 11 is 1.89. The number of thiophene rings is 1. The molecule has 1 atom stereocenters. The Balaban J connectivity index is 2.02. The van der Waals surface area contributed by atoms with E-state index >= 15 is 0 Å². The van der Waals surface area contributed by atoms with Crippen molar-refractivity contribution < 1.29 is 0 Å². The number of nitrogens with zero attached hydrogens (tertiary/aromatic N) is 1. The Bertz CT molecular complexity index is 289. The van der Waals surface area contributed by atoms with Crippen LogP contribution >= 0.6 is 11.3 Å². The zero-order valence-electron chi connectivity index (χ0n) is 10.1. The Morgan fingerprint density at radius 1 is 1.50 bits per heavy atom. The maximum atomic E-state index is 5.97. The van der Waals surface area contributed by atoms with Crippen LogP contribution in [0.2, 0.25) is 0 Å². The molecule has 0 aromatic carbocycles. The molecule has 2 heterocycles. The lowest BCUT2D eigenvalue weighted by Crippen LogP contribution is -2.41. The second-order valence-corrected chi connectivity index (χ2v) is 5.67. The van der Waals surface area contributed by atoms with Crippen LogP contribution in [0.3, 0.4) is 0 Å². The predicted octanol–water partition coefficient (Wildman–Crippen LogP) is 3.01. The fourth-order valence-corrected chi connectivity index (χ4v) is 3.39. The molecule has 1 fully saturated rings. The van der Waals surface area contributed by atoms with Gasteiger partial charge in [-0.2, -0.15) is 0 Å². The first-order valence-corrected chi connectivity index (χ1v) is 7.22. The van der Waals surface area contributed by atoms with E-state index in [1.165, 1.54) is 30.8 Å². The molecule has 90 valence electrons. The molecule has 0 saturated carbocycles. The number of hydrogen-bond donors (Lipinski definition) is 1. The van der Waals surface area contributed by atoms with Gasteiger partial charge in [0.1, 0.15) is 0 Å². The van der Waals surface area contributed by atoms with E-state index in [1.807, 2.05) is 11.3 Å². The summed E-state index contributed by atoms with van der Waals surface area (Å²) in [5.74, 6) is 0. The van der Waals surface area contributed by atoms with Gasteiger partial charge < -0.3 is 5.73 Å². The SMILES string of the molecule is CCCC(c1cccs1)N1CCC(N)CC1. The quantitative estimate of drug-likeness (QED) is 0.873. The maximum Gasteiger partial charge on any atom is 0.0441 e. The summed E-state index contributed by atoms with van der Waals surface area (Å²) in [6.07, 6.45) is 4.85. The lowest BCUT2D eigenvalue weighted by atomic mass is 10.0. The third kappa shape index (κ3) is 2.84. The van der Waals surface area contributed by atoms with E-state index in [2.05, 4.69) is 29.3 Å². The highest BCUT2D eigenvalue weighted by molar-refractivity contribution is 7.10. The molecule has 1 unspecified atom stereocenters. The number of nitrogens with two attached hydrogens (primary N) is 1. The molecule has 2 nitrogen and oxygen atoms in total. The lowest BCUT2D eigenvalue weighted by Gasteiger charge is -2.36. The van der Waals surface area contributed by atoms with E-state index in [0.29, 0.717) is 12.1 Å². The van der Waals surface area contributed by atoms with Crippen LogP contribution in [0.25, 0.3) is 0 Å². The van der Waals surface area contributed by atoms with Crippen molar-refractivity contribution in [2.45, 2.75) is 44.7 Å². The Hall–Kier alpha value is -0.380. The largest absolute Gasteiger partial charge is 0.328 e. The smallest absolute Gasteiger partial charge is 0.0441 e. The van der Waals surface area contributed by atoms with Gasteiger partial charge in [-0.25, -0.2) is 0 Å². The summed E-state index contributed by atoms with van der Waals surface area (Å²) in [5.41, 5.74) is 5.97. The van der Waals surface area contributed by atoms with Crippen LogP contribution in [0, 0.1) is 0 Å². The van der Waals surface area contributed by atoms with Crippen molar-refractivity contribution in [1.82, 2.24) is 4.90 Å².